The summed E-state index contributed by atoms with van der Waals surface area (Å²) in [7, 11) is -4.37. The van der Waals surface area contributed by atoms with Gasteiger partial charge in [0.05, 0.1) is 15.8 Å². The Bertz CT molecular complexity index is 2070. The zero-order chi connectivity index (χ0) is 29.5. The molecule has 8 nitrogen and oxygen atoms in total. The predicted octanol–water partition coefficient (Wildman–Crippen LogP) is 5.48. The number of halogens is 2. The summed E-state index contributed by atoms with van der Waals surface area (Å²) in [5.41, 5.74) is 1.42. The summed E-state index contributed by atoms with van der Waals surface area (Å²) in [5, 5.41) is 3.90. The molecule has 42 heavy (non-hydrogen) atoms. The Kier molecular flexibility index (Phi) is 7.04. The van der Waals surface area contributed by atoms with Crippen molar-refractivity contribution in [3.05, 3.63) is 123 Å². The van der Waals surface area contributed by atoms with Crippen LogP contribution in [0.4, 0.5) is 4.39 Å². The smallest absolute Gasteiger partial charge is 0.257 e. The molecule has 2 aromatic heterocycles. The molecular formula is C31H24ClFN4O4S. The van der Waals surface area contributed by atoms with Gasteiger partial charge in [0.2, 0.25) is 15.3 Å². The van der Waals surface area contributed by atoms with Gasteiger partial charge in [0.1, 0.15) is 11.4 Å². The van der Waals surface area contributed by atoms with Crippen molar-refractivity contribution < 1.29 is 17.6 Å². The van der Waals surface area contributed by atoms with Gasteiger partial charge >= 0.3 is 0 Å². The minimum Gasteiger partial charge on any atom is -0.361 e. The predicted molar refractivity (Wildman–Crippen MR) is 161 cm³/mol. The third kappa shape index (κ3) is 4.82. The van der Waals surface area contributed by atoms with Crippen LogP contribution in [0.1, 0.15) is 27.9 Å². The molecule has 3 N–H and O–H groups in total. The Morgan fingerprint density at radius 3 is 2.57 bits per heavy atom. The number of aromatic nitrogens is 2. The van der Waals surface area contributed by atoms with Gasteiger partial charge in [0.25, 0.3) is 5.91 Å². The van der Waals surface area contributed by atoms with Crippen LogP contribution in [0.2, 0.25) is 5.02 Å². The van der Waals surface area contributed by atoms with Crippen LogP contribution >= 0.6 is 11.6 Å². The summed E-state index contributed by atoms with van der Waals surface area (Å²) in [5.74, 6) is -1.62. The number of carbonyl (C=O) groups is 1. The van der Waals surface area contributed by atoms with Crippen LogP contribution in [0.15, 0.2) is 99.9 Å². The van der Waals surface area contributed by atoms with Crippen molar-refractivity contribution in [1.82, 2.24) is 15.3 Å². The minimum absolute atomic E-state index is 0.0810. The fraction of sp³-hybridized carbons (Fsp3) is 0.129. The summed E-state index contributed by atoms with van der Waals surface area (Å²) in [6.07, 6.45) is 7.85. The normalized spacial score (nSPS) is 16.4. The van der Waals surface area contributed by atoms with Gasteiger partial charge in [0, 0.05) is 41.1 Å². The number of pyridine rings is 1. The molecule has 1 amide bonds. The van der Waals surface area contributed by atoms with Crippen molar-refractivity contribution in [3.8, 4) is 0 Å². The molecule has 1 unspecified atom stereocenters. The minimum atomic E-state index is -4.37. The first kappa shape index (κ1) is 27.6. The second-order valence-electron chi connectivity index (χ2n) is 10.0. The first-order valence-electron chi connectivity index (χ1n) is 13.1. The molecule has 1 atom stereocenters. The lowest BCUT2D eigenvalue weighted by molar-refractivity contribution is 0.0949. The Labute approximate surface area is 244 Å². The van der Waals surface area contributed by atoms with Crippen molar-refractivity contribution in [2.45, 2.75) is 29.2 Å². The highest BCUT2D eigenvalue weighted by Crippen LogP contribution is 2.38. The molecule has 0 saturated heterocycles. The second-order valence-corrected chi connectivity index (χ2v) is 12.6. The number of allylic oxidation sites excluding steroid dienone is 1. The van der Waals surface area contributed by atoms with E-state index in [1.165, 1.54) is 12.3 Å². The van der Waals surface area contributed by atoms with Gasteiger partial charge in [-0.15, -0.1) is 0 Å². The Balaban J connectivity index is 1.34. The standard InChI is InChI=1S/C31H24ClFN4O4S/c32-21-8-6-19(7-9-21)16-36-30(39)25-18-35-28-24(29(25)38)14-22(33)15-27(28)42(40,41)31(11-3-13-37-31)12-10-20-17-34-26-5-2-1-4-23(20)26/h1-9,11,13-15,17-18,34H,10,12,16H2,(H,35,38)(H,36,39). The van der Waals surface area contributed by atoms with Crippen molar-refractivity contribution in [2.75, 3.05) is 0 Å². The zero-order valence-electron chi connectivity index (χ0n) is 22.0. The number of aliphatic imine (C=N–C) groups is 1. The Morgan fingerprint density at radius 2 is 1.81 bits per heavy atom. The molecule has 0 bridgehead atoms. The highest BCUT2D eigenvalue weighted by atomic mass is 35.5. The first-order chi connectivity index (χ1) is 20.2. The molecule has 5 aromatic rings. The number of sulfone groups is 1. The molecule has 1 aliphatic heterocycles. The number of rotatable bonds is 8. The molecule has 1 aliphatic rings. The quantitative estimate of drug-likeness (QED) is 0.218. The fourth-order valence-corrected chi connectivity index (χ4v) is 7.25. The lowest BCUT2D eigenvalue weighted by Gasteiger charge is -2.25. The Hall–Kier alpha value is -4.54. The third-order valence-electron chi connectivity index (χ3n) is 7.45. The van der Waals surface area contributed by atoms with Gasteiger partial charge in [-0.1, -0.05) is 41.9 Å². The number of para-hydroxylation sites is 1. The third-order valence-corrected chi connectivity index (χ3v) is 9.98. The molecule has 0 fully saturated rings. The van der Waals surface area contributed by atoms with E-state index in [4.69, 9.17) is 11.6 Å². The van der Waals surface area contributed by atoms with Crippen LogP contribution in [-0.2, 0) is 22.8 Å². The number of hydrogen-bond donors (Lipinski definition) is 3. The molecule has 0 aliphatic carbocycles. The van der Waals surface area contributed by atoms with Gasteiger partial charge in [-0.25, -0.2) is 12.8 Å². The van der Waals surface area contributed by atoms with Crippen LogP contribution in [0.3, 0.4) is 0 Å². The van der Waals surface area contributed by atoms with Gasteiger partial charge in [-0.05, 0) is 66.5 Å². The SMILES string of the molecule is O=C(NCc1ccc(Cl)cc1)c1c[nH]c2c(S(=O)(=O)C3(CCc4c[nH]c5ccccc45)C=CC=N3)cc(F)cc2c1=O. The van der Waals surface area contributed by atoms with E-state index in [1.807, 2.05) is 30.5 Å². The van der Waals surface area contributed by atoms with Gasteiger partial charge in [-0.2, -0.15) is 0 Å². The highest BCUT2D eigenvalue weighted by Gasteiger charge is 2.44. The van der Waals surface area contributed by atoms with Crippen LogP contribution in [0.5, 0.6) is 0 Å². The number of amides is 1. The number of benzene rings is 3. The number of fused-ring (bicyclic) bond motifs is 2. The van der Waals surface area contributed by atoms with Crippen LogP contribution < -0.4 is 10.7 Å². The maximum absolute atomic E-state index is 14.9. The zero-order valence-corrected chi connectivity index (χ0v) is 23.6. The number of carbonyl (C=O) groups excluding carboxylic acids is 1. The van der Waals surface area contributed by atoms with Crippen molar-refractivity contribution in [2.24, 2.45) is 4.99 Å². The second kappa shape index (κ2) is 10.7. The summed E-state index contributed by atoms with van der Waals surface area (Å²) >= 11 is 5.90. The van der Waals surface area contributed by atoms with Gasteiger partial charge in [0.15, 0.2) is 4.87 Å². The van der Waals surface area contributed by atoms with E-state index in [2.05, 4.69) is 20.3 Å². The summed E-state index contributed by atoms with van der Waals surface area (Å²) < 4.78 is 43.4. The monoisotopic (exact) mass is 602 g/mol. The van der Waals surface area contributed by atoms with Crippen LogP contribution in [-0.4, -0.2) is 35.4 Å². The maximum Gasteiger partial charge on any atom is 0.257 e. The maximum atomic E-state index is 14.9. The molecule has 0 spiro atoms. The molecule has 11 heteroatoms. The van der Waals surface area contributed by atoms with E-state index in [9.17, 15) is 22.4 Å². The molecular weight excluding hydrogens is 579 g/mol. The molecule has 6 rings (SSSR count). The number of hydrogen-bond acceptors (Lipinski definition) is 5. The van der Waals surface area contributed by atoms with E-state index in [0.717, 1.165) is 40.4 Å². The van der Waals surface area contributed by atoms with Gasteiger partial charge < -0.3 is 15.3 Å². The van der Waals surface area contributed by atoms with Crippen molar-refractivity contribution in [1.29, 1.82) is 0 Å². The molecule has 0 saturated carbocycles. The molecule has 3 heterocycles. The average molecular weight is 603 g/mol. The lowest BCUT2D eigenvalue weighted by atomic mass is 10.0. The van der Waals surface area contributed by atoms with Gasteiger partial charge in [-0.3, -0.25) is 14.6 Å². The number of H-pyrrole nitrogens is 2. The fourth-order valence-electron chi connectivity index (χ4n) is 5.21. The number of nitrogens with zero attached hydrogens (tertiary/aromatic N) is 1. The van der Waals surface area contributed by atoms with Crippen LogP contribution in [0.25, 0.3) is 21.8 Å². The van der Waals surface area contributed by atoms with E-state index < -0.39 is 36.8 Å². The average Bonchev–Trinajstić information content (AvgIpc) is 3.64. The highest BCUT2D eigenvalue weighted by molar-refractivity contribution is 7.93. The Morgan fingerprint density at radius 1 is 1.02 bits per heavy atom. The first-order valence-corrected chi connectivity index (χ1v) is 14.9. The van der Waals surface area contributed by atoms with E-state index in [1.54, 1.807) is 30.3 Å². The summed E-state index contributed by atoms with van der Waals surface area (Å²) in [6.45, 7) is 0.125. The summed E-state index contributed by atoms with van der Waals surface area (Å²) in [4.78, 5) is 34.4. The summed E-state index contributed by atoms with van der Waals surface area (Å²) in [6, 6.07) is 16.3. The van der Waals surface area contributed by atoms with Crippen molar-refractivity contribution >= 4 is 55.4 Å². The van der Waals surface area contributed by atoms with Crippen molar-refractivity contribution in [3.63, 3.8) is 0 Å². The number of nitrogens with one attached hydrogen (secondary N) is 3. The van der Waals surface area contributed by atoms with Crippen LogP contribution in [0, 0.1) is 5.82 Å². The molecule has 212 valence electrons. The van der Waals surface area contributed by atoms with E-state index in [0.29, 0.717) is 11.4 Å². The molecule has 3 aromatic carbocycles. The number of aromatic amines is 2. The molecule has 0 radical (unpaired) electrons. The number of aryl methyl sites for hydroxylation is 1. The van der Waals surface area contributed by atoms with E-state index >= 15 is 0 Å². The lowest BCUT2D eigenvalue weighted by Crippen LogP contribution is -2.35. The largest absolute Gasteiger partial charge is 0.361 e. The topological polar surface area (TPSA) is 124 Å². The van der Waals surface area contributed by atoms with E-state index in [-0.39, 0.29) is 29.4 Å².